The SMILES string of the molecule is CS(=O)(=O)c1ncc(-c2cc3c(-c4cc5c(-c6ccccc6F)nccc5[nH]4)n[nH]c3cn2)n1S(C)(=O)=O. The highest BCUT2D eigenvalue weighted by atomic mass is 32.2. The van der Waals surface area contributed by atoms with Gasteiger partial charge in [-0.05, 0) is 30.3 Å². The third-order valence-corrected chi connectivity index (χ3v) is 8.09. The molecule has 0 aliphatic carbocycles. The monoisotopic (exact) mass is 551 g/mol. The Balaban J connectivity index is 1.53. The molecule has 6 rings (SSSR count). The summed E-state index contributed by atoms with van der Waals surface area (Å²) in [5.41, 5.74) is 3.36. The molecule has 0 radical (unpaired) electrons. The zero-order chi connectivity index (χ0) is 26.8. The summed E-state index contributed by atoms with van der Waals surface area (Å²) in [5.74, 6) is -0.396. The molecule has 5 aromatic heterocycles. The summed E-state index contributed by atoms with van der Waals surface area (Å²) < 4.78 is 64.5. The first-order valence-electron chi connectivity index (χ1n) is 11.1. The number of sulfone groups is 1. The van der Waals surface area contributed by atoms with E-state index in [0.717, 1.165) is 18.7 Å². The summed E-state index contributed by atoms with van der Waals surface area (Å²) in [5, 5.41) is 7.97. The van der Waals surface area contributed by atoms with Crippen molar-refractivity contribution >= 4 is 41.7 Å². The van der Waals surface area contributed by atoms with E-state index in [1.165, 1.54) is 12.3 Å². The molecule has 0 atom stereocenters. The second-order valence-corrected chi connectivity index (χ2v) is 12.4. The molecule has 192 valence electrons. The zero-order valence-corrected chi connectivity index (χ0v) is 21.5. The van der Waals surface area contributed by atoms with E-state index < -0.39 is 30.8 Å². The molecule has 0 saturated heterocycles. The number of rotatable bonds is 5. The lowest BCUT2D eigenvalue weighted by Crippen LogP contribution is -2.18. The van der Waals surface area contributed by atoms with Crippen molar-refractivity contribution in [1.29, 1.82) is 0 Å². The van der Waals surface area contributed by atoms with Gasteiger partial charge in [0.15, 0.2) is 0 Å². The lowest BCUT2D eigenvalue weighted by molar-refractivity contribution is 0.574. The first-order chi connectivity index (χ1) is 18.0. The smallest absolute Gasteiger partial charge is 0.241 e. The third-order valence-electron chi connectivity index (χ3n) is 6.00. The van der Waals surface area contributed by atoms with Gasteiger partial charge in [-0.25, -0.2) is 30.2 Å². The molecular formula is C24H18FN7O4S2. The van der Waals surface area contributed by atoms with Crippen LogP contribution in [0.4, 0.5) is 4.39 Å². The Morgan fingerprint density at radius 1 is 0.868 bits per heavy atom. The number of halogens is 1. The topological polar surface area (TPSA) is 156 Å². The molecule has 0 aliphatic rings. The van der Waals surface area contributed by atoms with Crippen LogP contribution in [0.1, 0.15) is 0 Å². The lowest BCUT2D eigenvalue weighted by atomic mass is 10.1. The predicted molar refractivity (Wildman–Crippen MR) is 139 cm³/mol. The van der Waals surface area contributed by atoms with Crippen LogP contribution in [0.5, 0.6) is 0 Å². The van der Waals surface area contributed by atoms with Gasteiger partial charge in [-0.3, -0.25) is 15.1 Å². The van der Waals surface area contributed by atoms with Gasteiger partial charge < -0.3 is 4.98 Å². The number of nitrogens with one attached hydrogen (secondary N) is 2. The number of imidazole rings is 1. The van der Waals surface area contributed by atoms with E-state index in [-0.39, 0.29) is 11.4 Å². The molecule has 0 spiro atoms. The van der Waals surface area contributed by atoms with E-state index >= 15 is 0 Å². The van der Waals surface area contributed by atoms with Crippen LogP contribution in [0.3, 0.4) is 0 Å². The van der Waals surface area contributed by atoms with Crippen LogP contribution in [0.15, 0.2) is 66.2 Å². The number of nitrogens with zero attached hydrogens (tertiary/aromatic N) is 5. The maximum atomic E-state index is 14.5. The van der Waals surface area contributed by atoms with Gasteiger partial charge in [-0.1, -0.05) is 12.1 Å². The normalized spacial score (nSPS) is 12.5. The van der Waals surface area contributed by atoms with Crippen LogP contribution >= 0.6 is 0 Å². The van der Waals surface area contributed by atoms with Crippen LogP contribution < -0.4 is 0 Å². The quantitative estimate of drug-likeness (QED) is 0.330. The van der Waals surface area contributed by atoms with Gasteiger partial charge in [-0.2, -0.15) is 5.10 Å². The van der Waals surface area contributed by atoms with Gasteiger partial charge in [-0.15, -0.1) is 0 Å². The third kappa shape index (κ3) is 3.85. The molecule has 0 fully saturated rings. The Bertz CT molecular complexity index is 2110. The Labute approximate surface area is 215 Å². The minimum Gasteiger partial charge on any atom is -0.353 e. The molecule has 0 amide bonds. The number of hydrogen-bond acceptors (Lipinski definition) is 8. The van der Waals surface area contributed by atoms with Crippen molar-refractivity contribution in [3.05, 3.63) is 66.9 Å². The van der Waals surface area contributed by atoms with Crippen LogP contribution in [0.25, 0.3) is 55.8 Å². The van der Waals surface area contributed by atoms with Gasteiger partial charge in [0.2, 0.25) is 25.0 Å². The second-order valence-electron chi connectivity index (χ2n) is 8.70. The van der Waals surface area contributed by atoms with Gasteiger partial charge >= 0.3 is 0 Å². The molecule has 0 bridgehead atoms. The first-order valence-corrected chi connectivity index (χ1v) is 14.8. The molecule has 5 heterocycles. The highest BCUT2D eigenvalue weighted by Crippen LogP contribution is 2.35. The summed E-state index contributed by atoms with van der Waals surface area (Å²) >= 11 is 0. The molecule has 0 unspecified atom stereocenters. The summed E-state index contributed by atoms with van der Waals surface area (Å²) in [6.45, 7) is 0. The second kappa shape index (κ2) is 8.29. The Hall–Kier alpha value is -4.43. The van der Waals surface area contributed by atoms with E-state index in [1.54, 1.807) is 36.5 Å². The van der Waals surface area contributed by atoms with Crippen molar-refractivity contribution in [2.45, 2.75) is 5.16 Å². The predicted octanol–water partition coefficient (Wildman–Crippen LogP) is 3.38. The van der Waals surface area contributed by atoms with Crippen molar-refractivity contribution in [2.75, 3.05) is 12.5 Å². The van der Waals surface area contributed by atoms with Crippen LogP contribution in [0, 0.1) is 5.82 Å². The largest absolute Gasteiger partial charge is 0.353 e. The highest BCUT2D eigenvalue weighted by molar-refractivity contribution is 7.92. The van der Waals surface area contributed by atoms with E-state index in [0.29, 0.717) is 48.4 Å². The van der Waals surface area contributed by atoms with Gasteiger partial charge in [0.1, 0.15) is 17.2 Å². The molecule has 1 aromatic carbocycles. The summed E-state index contributed by atoms with van der Waals surface area (Å²) in [6, 6.07) is 11.5. The van der Waals surface area contributed by atoms with E-state index in [2.05, 4.69) is 30.1 Å². The molecule has 0 aliphatic heterocycles. The van der Waals surface area contributed by atoms with Crippen molar-refractivity contribution < 1.29 is 21.2 Å². The number of H-pyrrole nitrogens is 2. The standard InChI is InChI=1S/C24H18FN7O4S2/c1-37(33,34)24-28-12-21(32(24)38(2,35)36)18-9-15-20(11-27-18)30-31-23(15)19-10-14-17(29-19)7-8-26-22(14)13-5-3-4-6-16(13)25/h3-12,29H,1-2H3,(H,30,31). The van der Waals surface area contributed by atoms with Crippen molar-refractivity contribution in [1.82, 2.24) is 34.1 Å². The Morgan fingerprint density at radius 3 is 2.37 bits per heavy atom. The van der Waals surface area contributed by atoms with E-state index in [1.807, 2.05) is 6.07 Å². The van der Waals surface area contributed by atoms with E-state index in [4.69, 9.17) is 0 Å². The van der Waals surface area contributed by atoms with Crippen molar-refractivity contribution in [3.8, 4) is 34.0 Å². The number of pyridine rings is 2. The fourth-order valence-electron chi connectivity index (χ4n) is 4.37. The Kier molecular flexibility index (Phi) is 5.22. The van der Waals surface area contributed by atoms with Gasteiger partial charge in [0, 0.05) is 34.3 Å². The highest BCUT2D eigenvalue weighted by Gasteiger charge is 2.27. The zero-order valence-electron chi connectivity index (χ0n) is 19.8. The average molecular weight is 552 g/mol. The van der Waals surface area contributed by atoms with Gasteiger partial charge in [0.25, 0.3) is 0 Å². The Morgan fingerprint density at radius 2 is 1.63 bits per heavy atom. The van der Waals surface area contributed by atoms with E-state index in [9.17, 15) is 21.2 Å². The minimum atomic E-state index is -4.04. The number of aromatic nitrogens is 7. The summed E-state index contributed by atoms with van der Waals surface area (Å²) in [4.78, 5) is 15.8. The molecule has 38 heavy (non-hydrogen) atoms. The van der Waals surface area contributed by atoms with Crippen LogP contribution in [-0.4, -0.2) is 63.5 Å². The maximum Gasteiger partial charge on any atom is 0.241 e. The minimum absolute atomic E-state index is 0.00957. The number of hydrogen-bond donors (Lipinski definition) is 2. The molecule has 14 heteroatoms. The molecule has 2 N–H and O–H groups in total. The fraction of sp³-hybridized carbons (Fsp3) is 0.0833. The molecule has 0 saturated carbocycles. The summed E-state index contributed by atoms with van der Waals surface area (Å²) in [7, 11) is -7.98. The van der Waals surface area contributed by atoms with Crippen LogP contribution in [-0.2, 0) is 19.9 Å². The molecule has 11 nitrogen and oxygen atoms in total. The number of benzene rings is 1. The molecular weight excluding hydrogens is 533 g/mol. The van der Waals surface area contributed by atoms with Crippen LogP contribution in [0.2, 0.25) is 0 Å². The first kappa shape index (κ1) is 23.9. The van der Waals surface area contributed by atoms with Crippen molar-refractivity contribution in [2.24, 2.45) is 0 Å². The summed E-state index contributed by atoms with van der Waals surface area (Å²) in [6.07, 6.45) is 5.98. The lowest BCUT2D eigenvalue weighted by Gasteiger charge is -2.08. The van der Waals surface area contributed by atoms with Crippen molar-refractivity contribution in [3.63, 3.8) is 0 Å². The fourth-order valence-corrected chi connectivity index (χ4v) is 6.66. The molecule has 6 aromatic rings. The average Bonchev–Trinajstić information content (AvgIpc) is 3.59. The maximum absolute atomic E-state index is 14.5. The number of fused-ring (bicyclic) bond motifs is 2. The number of aromatic amines is 2. The van der Waals surface area contributed by atoms with Gasteiger partial charge in [0.05, 0.1) is 41.2 Å².